The Morgan fingerprint density at radius 2 is 1.90 bits per heavy atom. The summed E-state index contributed by atoms with van der Waals surface area (Å²) in [5, 5.41) is 5.65. The normalized spacial score (nSPS) is 13.8. The monoisotopic (exact) mass is 309 g/mol. The van der Waals surface area contributed by atoms with Gasteiger partial charge in [0, 0.05) is 25.7 Å². The quantitative estimate of drug-likeness (QED) is 0.604. The van der Waals surface area contributed by atoms with Crippen molar-refractivity contribution < 1.29 is 17.9 Å². The number of sulfonamides is 1. The fourth-order valence-corrected chi connectivity index (χ4v) is 2.33. The van der Waals surface area contributed by atoms with E-state index in [4.69, 9.17) is 4.74 Å². The molecule has 3 N–H and O–H groups in total. The SMILES string of the molecule is CCNS(=O)(=O)CCNC(C)CNC(=O)OC(C)(C)C. The second kappa shape index (κ2) is 8.43. The van der Waals surface area contributed by atoms with Gasteiger partial charge in [0.15, 0.2) is 0 Å². The number of alkyl carbamates (subject to hydrolysis) is 1. The minimum atomic E-state index is -3.21. The topological polar surface area (TPSA) is 96.5 Å². The van der Waals surface area contributed by atoms with Crippen LogP contribution in [0.25, 0.3) is 0 Å². The molecule has 7 nitrogen and oxygen atoms in total. The lowest BCUT2D eigenvalue weighted by Crippen LogP contribution is -2.43. The van der Waals surface area contributed by atoms with Gasteiger partial charge < -0.3 is 15.4 Å². The molecule has 1 atom stereocenters. The number of carbonyl (C=O) groups is 1. The Kier molecular flexibility index (Phi) is 8.07. The Morgan fingerprint density at radius 1 is 1.30 bits per heavy atom. The average molecular weight is 309 g/mol. The first-order valence-electron chi connectivity index (χ1n) is 6.73. The Morgan fingerprint density at radius 3 is 2.40 bits per heavy atom. The predicted octanol–water partition coefficient (Wildman–Crippen LogP) is 0.429. The van der Waals surface area contributed by atoms with Crippen LogP contribution in [0.15, 0.2) is 0 Å². The number of hydrogen-bond donors (Lipinski definition) is 3. The third-order valence-electron chi connectivity index (χ3n) is 2.18. The van der Waals surface area contributed by atoms with E-state index >= 15 is 0 Å². The minimum Gasteiger partial charge on any atom is -0.444 e. The van der Waals surface area contributed by atoms with E-state index < -0.39 is 21.7 Å². The molecule has 0 saturated heterocycles. The van der Waals surface area contributed by atoms with Gasteiger partial charge in [-0.1, -0.05) is 6.92 Å². The van der Waals surface area contributed by atoms with E-state index in [0.29, 0.717) is 19.6 Å². The second-order valence-electron chi connectivity index (χ2n) is 5.55. The first-order valence-corrected chi connectivity index (χ1v) is 8.38. The Hall–Kier alpha value is -0.860. The van der Waals surface area contributed by atoms with Gasteiger partial charge in [-0.3, -0.25) is 0 Å². The highest BCUT2D eigenvalue weighted by Gasteiger charge is 2.16. The summed E-state index contributed by atoms with van der Waals surface area (Å²) in [4.78, 5) is 11.4. The smallest absolute Gasteiger partial charge is 0.407 e. The van der Waals surface area contributed by atoms with E-state index in [9.17, 15) is 13.2 Å². The van der Waals surface area contributed by atoms with Crippen molar-refractivity contribution in [2.45, 2.75) is 46.3 Å². The van der Waals surface area contributed by atoms with Gasteiger partial charge in [0.1, 0.15) is 5.60 Å². The highest BCUT2D eigenvalue weighted by atomic mass is 32.2. The van der Waals surface area contributed by atoms with Crippen LogP contribution in [-0.2, 0) is 14.8 Å². The van der Waals surface area contributed by atoms with Gasteiger partial charge in [-0.15, -0.1) is 0 Å². The van der Waals surface area contributed by atoms with Gasteiger partial charge in [-0.05, 0) is 27.7 Å². The van der Waals surface area contributed by atoms with Crippen molar-refractivity contribution in [1.29, 1.82) is 0 Å². The number of amides is 1. The van der Waals surface area contributed by atoms with E-state index in [0.717, 1.165) is 0 Å². The molecule has 0 fully saturated rings. The lowest BCUT2D eigenvalue weighted by molar-refractivity contribution is 0.0523. The number of rotatable bonds is 8. The first-order chi connectivity index (χ1) is 9.06. The van der Waals surface area contributed by atoms with Crippen LogP contribution < -0.4 is 15.4 Å². The summed E-state index contributed by atoms with van der Waals surface area (Å²) < 4.78 is 30.3. The summed E-state index contributed by atoms with van der Waals surface area (Å²) in [6, 6.07) is -0.0423. The third-order valence-corrected chi connectivity index (χ3v) is 3.65. The molecule has 0 bridgehead atoms. The highest BCUT2D eigenvalue weighted by molar-refractivity contribution is 7.89. The highest BCUT2D eigenvalue weighted by Crippen LogP contribution is 2.06. The molecule has 20 heavy (non-hydrogen) atoms. The molecule has 120 valence electrons. The summed E-state index contributed by atoms with van der Waals surface area (Å²) >= 11 is 0. The maximum absolute atomic E-state index is 11.4. The molecule has 0 spiro atoms. The van der Waals surface area contributed by atoms with Crippen LogP contribution in [-0.4, -0.2) is 51.5 Å². The standard InChI is InChI=1S/C12H27N3O4S/c1-6-15-20(17,18)8-7-13-10(2)9-14-11(16)19-12(3,4)5/h10,13,15H,6-9H2,1-5H3,(H,14,16). The molecule has 0 aromatic carbocycles. The van der Waals surface area contributed by atoms with Gasteiger partial charge >= 0.3 is 6.09 Å². The van der Waals surface area contributed by atoms with E-state index in [1.807, 2.05) is 6.92 Å². The molecule has 0 rings (SSSR count). The average Bonchev–Trinajstić information content (AvgIpc) is 2.23. The van der Waals surface area contributed by atoms with Crippen molar-refractivity contribution in [3.05, 3.63) is 0 Å². The zero-order valence-corrected chi connectivity index (χ0v) is 13.8. The Bertz CT molecular complexity index is 390. The molecular formula is C12H27N3O4S. The number of ether oxygens (including phenoxy) is 1. The summed E-state index contributed by atoms with van der Waals surface area (Å²) in [7, 11) is -3.21. The maximum atomic E-state index is 11.4. The fraction of sp³-hybridized carbons (Fsp3) is 0.917. The molecule has 0 aromatic rings. The molecule has 0 aliphatic heterocycles. The molecule has 0 aromatic heterocycles. The largest absolute Gasteiger partial charge is 0.444 e. The van der Waals surface area contributed by atoms with Crippen LogP contribution in [0.3, 0.4) is 0 Å². The Labute approximate surface area is 121 Å². The summed E-state index contributed by atoms with van der Waals surface area (Å²) in [6.45, 7) is 10.1. The van der Waals surface area contributed by atoms with E-state index in [-0.39, 0.29) is 11.8 Å². The molecule has 0 aliphatic carbocycles. The second-order valence-corrected chi connectivity index (χ2v) is 7.48. The summed E-state index contributed by atoms with van der Waals surface area (Å²) in [6.07, 6.45) is -0.480. The van der Waals surface area contributed by atoms with Crippen LogP contribution in [0.5, 0.6) is 0 Å². The zero-order chi connectivity index (χ0) is 15.8. The van der Waals surface area contributed by atoms with Crippen molar-refractivity contribution >= 4 is 16.1 Å². The van der Waals surface area contributed by atoms with Crippen LogP contribution in [0, 0.1) is 0 Å². The molecule has 8 heteroatoms. The van der Waals surface area contributed by atoms with Crippen molar-refractivity contribution in [1.82, 2.24) is 15.4 Å². The van der Waals surface area contributed by atoms with Crippen LogP contribution in [0.4, 0.5) is 4.79 Å². The van der Waals surface area contributed by atoms with E-state index in [1.165, 1.54) is 0 Å². The van der Waals surface area contributed by atoms with Gasteiger partial charge in [-0.25, -0.2) is 17.9 Å². The Balaban J connectivity index is 3.85. The molecule has 0 aliphatic rings. The molecule has 0 heterocycles. The molecule has 0 saturated carbocycles. The summed E-state index contributed by atoms with van der Waals surface area (Å²) in [5.41, 5.74) is -0.527. The fourth-order valence-electron chi connectivity index (χ4n) is 1.35. The van der Waals surface area contributed by atoms with Gasteiger partial charge in [0.25, 0.3) is 0 Å². The zero-order valence-electron chi connectivity index (χ0n) is 12.9. The molecule has 1 unspecified atom stereocenters. The lowest BCUT2D eigenvalue weighted by atomic mass is 10.2. The van der Waals surface area contributed by atoms with Crippen molar-refractivity contribution in [3.8, 4) is 0 Å². The number of hydrogen-bond acceptors (Lipinski definition) is 5. The lowest BCUT2D eigenvalue weighted by Gasteiger charge is -2.21. The molecular weight excluding hydrogens is 282 g/mol. The van der Waals surface area contributed by atoms with Gasteiger partial charge in [0.05, 0.1) is 5.75 Å². The third kappa shape index (κ3) is 11.0. The van der Waals surface area contributed by atoms with Crippen molar-refractivity contribution in [2.24, 2.45) is 0 Å². The van der Waals surface area contributed by atoms with Crippen molar-refractivity contribution in [2.75, 3.05) is 25.4 Å². The maximum Gasteiger partial charge on any atom is 0.407 e. The van der Waals surface area contributed by atoms with Gasteiger partial charge in [-0.2, -0.15) is 0 Å². The molecule has 0 radical (unpaired) electrons. The van der Waals surface area contributed by atoms with E-state index in [2.05, 4.69) is 15.4 Å². The first kappa shape index (κ1) is 19.1. The number of nitrogens with one attached hydrogen (secondary N) is 3. The van der Waals surface area contributed by atoms with E-state index in [1.54, 1.807) is 27.7 Å². The number of carbonyl (C=O) groups excluding carboxylic acids is 1. The van der Waals surface area contributed by atoms with Crippen LogP contribution in [0.1, 0.15) is 34.6 Å². The minimum absolute atomic E-state index is 0.0115. The predicted molar refractivity (Wildman–Crippen MR) is 79.2 cm³/mol. The van der Waals surface area contributed by atoms with Gasteiger partial charge in [0.2, 0.25) is 10.0 Å². The van der Waals surface area contributed by atoms with Crippen LogP contribution >= 0.6 is 0 Å². The van der Waals surface area contributed by atoms with Crippen LogP contribution in [0.2, 0.25) is 0 Å². The molecule has 1 amide bonds. The van der Waals surface area contributed by atoms with Crippen molar-refractivity contribution in [3.63, 3.8) is 0 Å². The summed E-state index contributed by atoms with van der Waals surface area (Å²) in [5.74, 6) is 0.0115.